The van der Waals surface area contributed by atoms with Crippen LogP contribution >= 0.6 is 11.8 Å². The summed E-state index contributed by atoms with van der Waals surface area (Å²) < 4.78 is 0. The van der Waals surface area contributed by atoms with Gasteiger partial charge in [0.1, 0.15) is 0 Å². The second-order valence-corrected chi connectivity index (χ2v) is 10.5. The van der Waals surface area contributed by atoms with E-state index in [9.17, 15) is 0 Å². The third kappa shape index (κ3) is 8.83. The maximum Gasteiger partial charge on any atom is 0.0909 e. The van der Waals surface area contributed by atoms with Crippen molar-refractivity contribution in [1.82, 2.24) is 4.90 Å². The summed E-state index contributed by atoms with van der Waals surface area (Å²) in [7, 11) is 2.05. The molecular weight excluding hydrogens is 432 g/mol. The lowest BCUT2D eigenvalue weighted by Gasteiger charge is -2.13. The second-order valence-electron chi connectivity index (χ2n) is 9.52. The highest BCUT2D eigenvalue weighted by atomic mass is 32.2. The predicted molar refractivity (Wildman–Crippen MR) is 155 cm³/mol. The Labute approximate surface area is 213 Å². The van der Waals surface area contributed by atoms with Crippen LogP contribution < -0.4 is 0 Å². The monoisotopic (exact) mass is 476 g/mol. The van der Waals surface area contributed by atoms with Crippen LogP contribution in [-0.2, 0) is 12.8 Å². The Kier molecular flexibility index (Phi) is 11.7. The molecule has 0 amide bonds. The Balaban J connectivity index is 2.03. The van der Waals surface area contributed by atoms with E-state index in [1.54, 1.807) is 11.8 Å². The summed E-state index contributed by atoms with van der Waals surface area (Å²) in [4.78, 5) is 7.87. The molecule has 0 aromatic heterocycles. The van der Waals surface area contributed by atoms with Gasteiger partial charge in [0.15, 0.2) is 0 Å². The van der Waals surface area contributed by atoms with Crippen LogP contribution in [0, 0.1) is 20.8 Å². The van der Waals surface area contributed by atoms with Crippen LogP contribution in [0.1, 0.15) is 79.8 Å². The number of aryl methyl sites for hydroxylation is 4. The molecule has 0 aliphatic rings. The van der Waals surface area contributed by atoms with Crippen molar-refractivity contribution in [3.63, 3.8) is 0 Å². The molecule has 0 heterocycles. The normalized spacial score (nSPS) is 11.9. The lowest BCUT2D eigenvalue weighted by molar-refractivity contribution is 0.552. The zero-order chi connectivity index (χ0) is 25.1. The quantitative estimate of drug-likeness (QED) is 0.163. The Morgan fingerprint density at radius 1 is 0.971 bits per heavy atom. The number of thioether (sulfide) groups is 1. The van der Waals surface area contributed by atoms with Gasteiger partial charge in [-0.05, 0) is 98.7 Å². The fourth-order valence-corrected chi connectivity index (χ4v) is 4.56. The highest BCUT2D eigenvalue weighted by Gasteiger charge is 2.07. The first-order valence-electron chi connectivity index (χ1n) is 12.7. The minimum absolute atomic E-state index is 0.947. The molecule has 3 heteroatoms. The standard InChI is InChI=1S/C31H44N2S/c1-9-11-12-13-14-28-20-29(16-15-24(28)4)27(7)34-21-23(3)17-30-18-26(6)31(19-25(30)5)32-22-33(8)10-2/h15-16,18-22H,7,9-14,17H2,1-6,8H3/b23-21+,32-22?. The molecule has 0 aliphatic heterocycles. The first-order chi connectivity index (χ1) is 16.2. The van der Waals surface area contributed by atoms with E-state index >= 15 is 0 Å². The molecule has 2 aromatic carbocycles. The molecule has 34 heavy (non-hydrogen) atoms. The van der Waals surface area contributed by atoms with E-state index in [0.29, 0.717) is 0 Å². The molecule has 0 fully saturated rings. The summed E-state index contributed by atoms with van der Waals surface area (Å²) in [5.41, 5.74) is 10.4. The topological polar surface area (TPSA) is 15.6 Å². The molecule has 0 bridgehead atoms. The van der Waals surface area contributed by atoms with E-state index in [1.165, 1.54) is 71.1 Å². The molecule has 0 atom stereocenters. The fourth-order valence-electron chi connectivity index (χ4n) is 3.87. The minimum atomic E-state index is 0.947. The molecular formula is C31H44N2S. The zero-order valence-electron chi connectivity index (χ0n) is 22.5. The summed E-state index contributed by atoms with van der Waals surface area (Å²) in [5, 5.41) is 2.26. The number of allylic oxidation sites excluding steroid dienone is 1. The largest absolute Gasteiger partial charge is 0.366 e. The van der Waals surface area contributed by atoms with Gasteiger partial charge in [0, 0.05) is 18.5 Å². The van der Waals surface area contributed by atoms with Crippen molar-refractivity contribution >= 4 is 28.7 Å². The van der Waals surface area contributed by atoms with E-state index in [2.05, 4.69) is 93.8 Å². The Hall–Kier alpha value is -2.26. The van der Waals surface area contributed by atoms with E-state index in [1.807, 2.05) is 13.4 Å². The number of benzene rings is 2. The van der Waals surface area contributed by atoms with Crippen LogP contribution in [0.25, 0.3) is 4.91 Å². The number of nitrogens with zero attached hydrogens (tertiary/aromatic N) is 2. The van der Waals surface area contributed by atoms with Gasteiger partial charge in [0.2, 0.25) is 0 Å². The summed E-state index contributed by atoms with van der Waals surface area (Å²) in [6.07, 6.45) is 9.23. The molecule has 0 saturated heterocycles. The van der Waals surface area contributed by atoms with Crippen LogP contribution in [0.5, 0.6) is 0 Å². The first kappa shape index (κ1) is 28.0. The molecule has 0 saturated carbocycles. The highest BCUT2D eigenvalue weighted by molar-refractivity contribution is 8.10. The van der Waals surface area contributed by atoms with Gasteiger partial charge in [-0.2, -0.15) is 0 Å². The van der Waals surface area contributed by atoms with Crippen molar-refractivity contribution in [3.05, 3.63) is 81.3 Å². The van der Waals surface area contributed by atoms with Gasteiger partial charge < -0.3 is 4.90 Å². The number of aliphatic imine (C=N–C) groups is 1. The van der Waals surface area contributed by atoms with Gasteiger partial charge in [-0.1, -0.05) is 74.4 Å². The summed E-state index contributed by atoms with van der Waals surface area (Å²) >= 11 is 1.74. The lowest BCUT2D eigenvalue weighted by Crippen LogP contribution is -2.14. The van der Waals surface area contributed by atoms with Crippen molar-refractivity contribution in [2.45, 2.75) is 80.1 Å². The van der Waals surface area contributed by atoms with Gasteiger partial charge >= 0.3 is 0 Å². The van der Waals surface area contributed by atoms with E-state index in [4.69, 9.17) is 0 Å². The molecule has 184 valence electrons. The Bertz CT molecular complexity index is 1020. The van der Waals surface area contributed by atoms with Crippen molar-refractivity contribution in [2.24, 2.45) is 4.99 Å². The third-order valence-electron chi connectivity index (χ3n) is 6.39. The average Bonchev–Trinajstić information content (AvgIpc) is 2.82. The van der Waals surface area contributed by atoms with Gasteiger partial charge in [0.25, 0.3) is 0 Å². The van der Waals surface area contributed by atoms with Gasteiger partial charge in [-0.25, -0.2) is 4.99 Å². The van der Waals surface area contributed by atoms with Gasteiger partial charge in [-0.15, -0.1) is 0 Å². The van der Waals surface area contributed by atoms with Crippen LogP contribution in [0.2, 0.25) is 0 Å². The Morgan fingerprint density at radius 2 is 1.74 bits per heavy atom. The molecule has 0 radical (unpaired) electrons. The maximum absolute atomic E-state index is 4.66. The van der Waals surface area contributed by atoms with Crippen LogP contribution in [0.4, 0.5) is 5.69 Å². The average molecular weight is 477 g/mol. The Morgan fingerprint density at radius 3 is 2.44 bits per heavy atom. The summed E-state index contributed by atoms with van der Waals surface area (Å²) in [6, 6.07) is 11.3. The van der Waals surface area contributed by atoms with Crippen LogP contribution in [-0.4, -0.2) is 24.8 Å². The van der Waals surface area contributed by atoms with E-state index in [0.717, 1.165) is 23.6 Å². The zero-order valence-corrected chi connectivity index (χ0v) is 23.3. The molecule has 2 rings (SSSR count). The first-order valence-corrected chi connectivity index (χ1v) is 13.6. The number of hydrogen-bond acceptors (Lipinski definition) is 2. The molecule has 2 nitrogen and oxygen atoms in total. The number of unbranched alkanes of at least 4 members (excludes halogenated alkanes) is 3. The van der Waals surface area contributed by atoms with Gasteiger partial charge in [-0.3, -0.25) is 0 Å². The van der Waals surface area contributed by atoms with Crippen molar-refractivity contribution < 1.29 is 0 Å². The predicted octanol–water partition coefficient (Wildman–Crippen LogP) is 9.20. The number of rotatable bonds is 13. The van der Waals surface area contributed by atoms with Gasteiger partial charge in [0.05, 0.1) is 12.0 Å². The SMILES string of the molecule is C=C(S/C=C(\C)Cc1cc(C)c(N=CN(C)CC)cc1C)c1ccc(C)c(CCCCCC)c1. The van der Waals surface area contributed by atoms with Crippen LogP contribution in [0.3, 0.4) is 0 Å². The molecule has 0 N–H and O–H groups in total. The third-order valence-corrected chi connectivity index (χ3v) is 7.43. The van der Waals surface area contributed by atoms with Crippen molar-refractivity contribution in [3.8, 4) is 0 Å². The van der Waals surface area contributed by atoms with E-state index < -0.39 is 0 Å². The lowest BCUT2D eigenvalue weighted by atomic mass is 9.99. The van der Waals surface area contributed by atoms with Crippen LogP contribution in [0.15, 0.2) is 52.9 Å². The molecule has 0 spiro atoms. The maximum atomic E-state index is 4.66. The summed E-state index contributed by atoms with van der Waals surface area (Å²) in [6.45, 7) is 18.5. The van der Waals surface area contributed by atoms with Crippen molar-refractivity contribution in [1.29, 1.82) is 0 Å². The highest BCUT2D eigenvalue weighted by Crippen LogP contribution is 2.31. The minimum Gasteiger partial charge on any atom is -0.366 e. The van der Waals surface area contributed by atoms with Crippen molar-refractivity contribution in [2.75, 3.05) is 13.6 Å². The summed E-state index contributed by atoms with van der Waals surface area (Å²) in [5.74, 6) is 0. The second kappa shape index (κ2) is 14.2. The molecule has 0 unspecified atom stereocenters. The van der Waals surface area contributed by atoms with E-state index in [-0.39, 0.29) is 0 Å². The fraction of sp³-hybridized carbons (Fsp3) is 0.452. The molecule has 0 aliphatic carbocycles. The molecule has 2 aromatic rings. The smallest absolute Gasteiger partial charge is 0.0909 e. The number of hydrogen-bond donors (Lipinski definition) is 0.